The van der Waals surface area contributed by atoms with Crippen LogP contribution in [0.25, 0.3) is 0 Å². The van der Waals surface area contributed by atoms with Gasteiger partial charge in [0.2, 0.25) is 6.79 Å². The Kier molecular flexibility index (Phi) is 3.77. The number of ether oxygens (including phenoxy) is 2. The molecular weight excluding hydrogens is 308 g/mol. The molecule has 0 saturated carbocycles. The second kappa shape index (κ2) is 5.73. The van der Waals surface area contributed by atoms with E-state index in [0.717, 1.165) is 0 Å². The Morgan fingerprint density at radius 3 is 2.95 bits per heavy atom. The number of pyridine rings is 1. The predicted molar refractivity (Wildman–Crippen MR) is 81.9 cm³/mol. The van der Waals surface area contributed by atoms with E-state index in [-0.39, 0.29) is 18.3 Å². The lowest BCUT2D eigenvalue weighted by molar-refractivity contribution is 0.102. The molecule has 0 bridgehead atoms. The zero-order valence-electron chi connectivity index (χ0n) is 11.8. The van der Waals surface area contributed by atoms with Gasteiger partial charge in [-0.15, -0.1) is 0 Å². The summed E-state index contributed by atoms with van der Waals surface area (Å²) in [6, 6.07) is 6.05. The second-order valence-corrected chi connectivity index (χ2v) is 5.10. The standard InChI is InChI=1S/C15H13ClN2O4/c1-2-18-7-10(3-4-13(18)19)17-15(20)9-5-11(16)14-12(6-9)21-8-22-14/h3-7H,2,8H2,1H3,(H,17,20). The lowest BCUT2D eigenvalue weighted by atomic mass is 10.2. The molecule has 1 N–H and O–H groups in total. The fourth-order valence-electron chi connectivity index (χ4n) is 2.15. The molecule has 22 heavy (non-hydrogen) atoms. The lowest BCUT2D eigenvalue weighted by Gasteiger charge is -2.09. The number of halogens is 1. The minimum atomic E-state index is -0.346. The average Bonchev–Trinajstić information content (AvgIpc) is 2.98. The number of benzene rings is 1. The van der Waals surface area contributed by atoms with Crippen molar-refractivity contribution in [1.82, 2.24) is 4.57 Å². The van der Waals surface area contributed by atoms with Gasteiger partial charge in [0.05, 0.1) is 10.7 Å². The van der Waals surface area contributed by atoms with Gasteiger partial charge in [-0.05, 0) is 25.1 Å². The summed E-state index contributed by atoms with van der Waals surface area (Å²) in [5.41, 5.74) is 0.760. The van der Waals surface area contributed by atoms with Crippen LogP contribution < -0.4 is 20.3 Å². The highest BCUT2D eigenvalue weighted by Crippen LogP contribution is 2.39. The van der Waals surface area contributed by atoms with Crippen molar-refractivity contribution in [3.63, 3.8) is 0 Å². The minimum absolute atomic E-state index is 0.0849. The zero-order chi connectivity index (χ0) is 15.7. The molecule has 1 aromatic heterocycles. The summed E-state index contributed by atoms with van der Waals surface area (Å²) in [5.74, 6) is 0.537. The van der Waals surface area contributed by atoms with E-state index >= 15 is 0 Å². The molecule has 1 amide bonds. The summed E-state index contributed by atoms with van der Waals surface area (Å²) in [6.45, 7) is 2.46. The number of hydrogen-bond donors (Lipinski definition) is 1. The summed E-state index contributed by atoms with van der Waals surface area (Å²) >= 11 is 6.06. The van der Waals surface area contributed by atoms with Crippen molar-refractivity contribution < 1.29 is 14.3 Å². The SMILES string of the molecule is CCn1cc(NC(=O)c2cc(Cl)c3c(c2)OCO3)ccc1=O. The molecule has 1 aromatic carbocycles. The number of hydrogen-bond acceptors (Lipinski definition) is 4. The molecule has 0 atom stereocenters. The first-order valence-corrected chi connectivity index (χ1v) is 7.07. The van der Waals surface area contributed by atoms with Crippen LogP contribution in [0.1, 0.15) is 17.3 Å². The van der Waals surface area contributed by atoms with Crippen molar-refractivity contribution in [2.75, 3.05) is 12.1 Å². The zero-order valence-corrected chi connectivity index (χ0v) is 12.5. The number of nitrogens with one attached hydrogen (secondary N) is 1. The van der Waals surface area contributed by atoms with Crippen LogP contribution in [0.2, 0.25) is 5.02 Å². The Hall–Kier alpha value is -2.47. The minimum Gasteiger partial charge on any atom is -0.454 e. The number of carbonyl (C=O) groups excluding carboxylic acids is 1. The van der Waals surface area contributed by atoms with E-state index in [0.29, 0.717) is 34.3 Å². The van der Waals surface area contributed by atoms with Crippen LogP contribution in [0.15, 0.2) is 35.3 Å². The maximum absolute atomic E-state index is 12.3. The summed E-state index contributed by atoms with van der Waals surface area (Å²) in [7, 11) is 0. The van der Waals surface area contributed by atoms with Gasteiger partial charge in [-0.1, -0.05) is 11.6 Å². The molecule has 114 valence electrons. The van der Waals surface area contributed by atoms with Crippen molar-refractivity contribution in [2.45, 2.75) is 13.5 Å². The number of carbonyl (C=O) groups is 1. The van der Waals surface area contributed by atoms with Crippen molar-refractivity contribution in [1.29, 1.82) is 0 Å². The van der Waals surface area contributed by atoms with E-state index in [9.17, 15) is 9.59 Å². The maximum Gasteiger partial charge on any atom is 0.255 e. The quantitative estimate of drug-likeness (QED) is 0.943. The van der Waals surface area contributed by atoms with Gasteiger partial charge in [-0.2, -0.15) is 0 Å². The number of nitrogens with zero attached hydrogens (tertiary/aromatic N) is 1. The molecule has 0 unspecified atom stereocenters. The number of fused-ring (bicyclic) bond motifs is 1. The van der Waals surface area contributed by atoms with Gasteiger partial charge in [0.15, 0.2) is 11.5 Å². The van der Waals surface area contributed by atoms with E-state index in [1.165, 1.54) is 16.7 Å². The number of aromatic nitrogens is 1. The molecule has 1 aliphatic heterocycles. The van der Waals surface area contributed by atoms with Gasteiger partial charge in [0, 0.05) is 24.4 Å². The lowest BCUT2D eigenvalue weighted by Crippen LogP contribution is -2.19. The Labute approximate surface area is 131 Å². The third kappa shape index (κ3) is 2.65. The normalized spacial score (nSPS) is 12.3. The molecule has 0 radical (unpaired) electrons. The molecular formula is C15H13ClN2O4. The van der Waals surface area contributed by atoms with Crippen LogP contribution in [0.4, 0.5) is 5.69 Å². The Morgan fingerprint density at radius 2 is 2.18 bits per heavy atom. The van der Waals surface area contributed by atoms with Crippen molar-refractivity contribution in [3.8, 4) is 11.5 Å². The largest absolute Gasteiger partial charge is 0.454 e. The highest BCUT2D eigenvalue weighted by atomic mass is 35.5. The Bertz CT molecular complexity index is 801. The maximum atomic E-state index is 12.3. The molecule has 2 aromatic rings. The smallest absolute Gasteiger partial charge is 0.255 e. The first-order valence-electron chi connectivity index (χ1n) is 6.69. The van der Waals surface area contributed by atoms with Crippen molar-refractivity contribution in [3.05, 3.63) is 51.4 Å². The van der Waals surface area contributed by atoms with Crippen molar-refractivity contribution >= 4 is 23.2 Å². The number of aryl methyl sites for hydroxylation is 1. The first-order chi connectivity index (χ1) is 10.6. The molecule has 0 fully saturated rings. The van der Waals surface area contributed by atoms with E-state index < -0.39 is 0 Å². The number of rotatable bonds is 3. The fourth-order valence-corrected chi connectivity index (χ4v) is 2.42. The van der Waals surface area contributed by atoms with Gasteiger partial charge in [-0.3, -0.25) is 9.59 Å². The highest BCUT2D eigenvalue weighted by molar-refractivity contribution is 6.32. The van der Waals surface area contributed by atoms with Gasteiger partial charge >= 0.3 is 0 Å². The number of amides is 1. The Morgan fingerprint density at radius 1 is 1.36 bits per heavy atom. The molecule has 0 spiro atoms. The topological polar surface area (TPSA) is 69.6 Å². The van der Waals surface area contributed by atoms with Crippen LogP contribution in [0.3, 0.4) is 0 Å². The first kappa shape index (κ1) is 14.5. The van der Waals surface area contributed by atoms with E-state index in [2.05, 4.69) is 5.32 Å². The van der Waals surface area contributed by atoms with Gasteiger partial charge in [0.1, 0.15) is 0 Å². The molecule has 2 heterocycles. The van der Waals surface area contributed by atoms with Crippen LogP contribution in [0, 0.1) is 0 Å². The van der Waals surface area contributed by atoms with E-state index in [1.54, 1.807) is 18.3 Å². The van der Waals surface area contributed by atoms with Crippen LogP contribution in [-0.2, 0) is 6.54 Å². The predicted octanol–water partition coefficient (Wildman–Crippen LogP) is 2.50. The number of anilines is 1. The Balaban J connectivity index is 1.86. The summed E-state index contributed by atoms with van der Waals surface area (Å²) < 4.78 is 11.9. The van der Waals surface area contributed by atoms with Crippen molar-refractivity contribution in [2.24, 2.45) is 0 Å². The fraction of sp³-hybridized carbons (Fsp3) is 0.200. The van der Waals surface area contributed by atoms with Gasteiger partial charge in [-0.25, -0.2) is 0 Å². The van der Waals surface area contributed by atoms with Crippen LogP contribution in [0.5, 0.6) is 11.5 Å². The molecule has 0 aliphatic carbocycles. The van der Waals surface area contributed by atoms with Crippen LogP contribution >= 0.6 is 11.6 Å². The van der Waals surface area contributed by atoms with E-state index in [4.69, 9.17) is 21.1 Å². The molecule has 0 saturated heterocycles. The van der Waals surface area contributed by atoms with Gasteiger partial charge in [0.25, 0.3) is 11.5 Å². The molecule has 1 aliphatic rings. The molecule has 7 heteroatoms. The second-order valence-electron chi connectivity index (χ2n) is 4.69. The monoisotopic (exact) mass is 320 g/mol. The summed E-state index contributed by atoms with van der Waals surface area (Å²) in [5, 5.41) is 3.04. The third-order valence-electron chi connectivity index (χ3n) is 3.27. The van der Waals surface area contributed by atoms with Crippen LogP contribution in [-0.4, -0.2) is 17.3 Å². The highest BCUT2D eigenvalue weighted by Gasteiger charge is 2.20. The average molecular weight is 321 g/mol. The molecule has 6 nitrogen and oxygen atoms in total. The summed E-state index contributed by atoms with van der Waals surface area (Å²) in [6.07, 6.45) is 1.59. The molecule has 3 rings (SSSR count). The third-order valence-corrected chi connectivity index (χ3v) is 3.55. The van der Waals surface area contributed by atoms with E-state index in [1.807, 2.05) is 6.92 Å². The van der Waals surface area contributed by atoms with Gasteiger partial charge < -0.3 is 19.4 Å². The summed E-state index contributed by atoms with van der Waals surface area (Å²) in [4.78, 5) is 23.8.